The minimum Gasteiger partial charge on any atom is -0.500 e. The number of furan rings is 1. The molecule has 0 aliphatic heterocycles. The number of nitrogens with zero attached hydrogens (tertiary/aromatic N) is 2. The van der Waals surface area contributed by atoms with Crippen LogP contribution in [0.3, 0.4) is 0 Å². The summed E-state index contributed by atoms with van der Waals surface area (Å²) in [5.41, 5.74) is 4.91. The summed E-state index contributed by atoms with van der Waals surface area (Å²) >= 11 is 0. The first-order chi connectivity index (χ1) is 30.2. The summed E-state index contributed by atoms with van der Waals surface area (Å²) in [5, 5.41) is 4.33. The third-order valence-electron chi connectivity index (χ3n) is 9.79. The van der Waals surface area contributed by atoms with Crippen LogP contribution >= 0.6 is 0 Å². The smallest absolute Gasteiger partial charge is 0.128 e. The van der Waals surface area contributed by atoms with Crippen LogP contribution in [0.4, 0.5) is 0 Å². The predicted octanol–water partition coefficient (Wildman–Crippen LogP) is 13.8. The van der Waals surface area contributed by atoms with Crippen LogP contribution in [0.1, 0.15) is 82.4 Å². The fraction of sp³-hybridized carbons (Fsp3) is 0.255. The molecule has 1 aliphatic rings. The fourth-order valence-electron chi connectivity index (χ4n) is 7.23. The molecule has 0 spiro atoms. The number of hydrogen-bond donors (Lipinski definition) is 0. The number of hydrogen-bond acceptors (Lipinski definition) is 3. The van der Waals surface area contributed by atoms with E-state index in [4.69, 9.17) is 18.1 Å². The van der Waals surface area contributed by atoms with Crippen molar-refractivity contribution in [2.75, 3.05) is 0 Å². The van der Waals surface area contributed by atoms with E-state index in [0.717, 1.165) is 64.0 Å². The number of pyridine rings is 2. The van der Waals surface area contributed by atoms with Crippen LogP contribution < -0.4 is 0 Å². The second-order valence-electron chi connectivity index (χ2n) is 14.9. The van der Waals surface area contributed by atoms with Crippen molar-refractivity contribution in [3.63, 3.8) is 0 Å². The molecule has 0 amide bonds. The number of aryl methyl sites for hydroxylation is 2. The summed E-state index contributed by atoms with van der Waals surface area (Å²) in [6, 6.07) is 39.9. The van der Waals surface area contributed by atoms with Crippen LogP contribution in [0, 0.1) is 37.2 Å². The number of benzene rings is 5. The van der Waals surface area contributed by atoms with Crippen LogP contribution in [-0.2, 0) is 32.9 Å². The molecular weight excluding hydrogens is 849 g/mol. The van der Waals surface area contributed by atoms with E-state index in [9.17, 15) is 0 Å². The molecule has 1 saturated carbocycles. The first-order valence-electron chi connectivity index (χ1n) is 23.5. The van der Waals surface area contributed by atoms with Crippen molar-refractivity contribution in [2.24, 2.45) is 11.3 Å². The summed E-state index contributed by atoms with van der Waals surface area (Å²) in [5.74, 6) is 0.0695. The minimum absolute atomic E-state index is 0. The average Bonchev–Trinajstić information content (AvgIpc) is 3.96. The van der Waals surface area contributed by atoms with Crippen molar-refractivity contribution >= 4 is 32.7 Å². The van der Waals surface area contributed by atoms with E-state index >= 15 is 0 Å². The van der Waals surface area contributed by atoms with Gasteiger partial charge in [-0.15, -0.1) is 47.5 Å². The molecule has 3 aromatic heterocycles. The van der Waals surface area contributed by atoms with E-state index < -0.39 is 31.9 Å². The Hall–Kier alpha value is -4.89. The third-order valence-corrected chi connectivity index (χ3v) is 9.79. The largest absolute Gasteiger partial charge is 0.500 e. The second kappa shape index (κ2) is 16.5. The molecule has 1 radical (unpaired) electrons. The number of rotatable bonds is 6. The van der Waals surface area contributed by atoms with Crippen LogP contribution in [0.2, 0.25) is 0 Å². The van der Waals surface area contributed by atoms with Gasteiger partial charge in [0.05, 0.1) is 5.58 Å². The van der Waals surface area contributed by atoms with Gasteiger partial charge in [-0.05, 0) is 64.9 Å². The van der Waals surface area contributed by atoms with Crippen molar-refractivity contribution in [3.05, 3.63) is 156 Å². The molecule has 3 heterocycles. The number of aromatic nitrogens is 2. The second-order valence-corrected chi connectivity index (χ2v) is 14.9. The molecule has 8 aromatic rings. The Morgan fingerprint density at radius 3 is 2.36 bits per heavy atom. The molecule has 279 valence electrons. The van der Waals surface area contributed by atoms with Crippen molar-refractivity contribution in [1.29, 1.82) is 0 Å². The zero-order chi connectivity index (χ0) is 45.8. The van der Waals surface area contributed by atoms with E-state index in [-0.39, 0.29) is 42.7 Å². The topological polar surface area (TPSA) is 38.9 Å². The quantitative estimate of drug-likeness (QED) is 0.156. The van der Waals surface area contributed by atoms with Crippen molar-refractivity contribution < 1.29 is 38.2 Å². The zero-order valence-electron chi connectivity index (χ0n) is 41.1. The van der Waals surface area contributed by atoms with Gasteiger partial charge in [0.25, 0.3) is 0 Å². The molecule has 1 aliphatic carbocycles. The van der Waals surface area contributed by atoms with E-state index in [0.29, 0.717) is 33.6 Å². The molecule has 3 nitrogen and oxygen atoms in total. The van der Waals surface area contributed by atoms with Gasteiger partial charge in [0.15, 0.2) is 0 Å². The molecule has 1 fully saturated rings. The van der Waals surface area contributed by atoms with E-state index in [1.165, 1.54) is 18.3 Å². The monoisotopic (exact) mass is 907 g/mol. The molecule has 5 aromatic carbocycles. The predicted molar refractivity (Wildman–Crippen MR) is 226 cm³/mol. The fourth-order valence-corrected chi connectivity index (χ4v) is 7.23. The van der Waals surface area contributed by atoms with Gasteiger partial charge >= 0.3 is 0 Å². The van der Waals surface area contributed by atoms with Crippen molar-refractivity contribution in [1.82, 2.24) is 9.97 Å². The molecule has 0 saturated heterocycles. The summed E-state index contributed by atoms with van der Waals surface area (Å²) in [4.78, 5) is 8.87. The Kier molecular flexibility index (Phi) is 8.27. The van der Waals surface area contributed by atoms with Crippen LogP contribution in [0.15, 0.2) is 126 Å². The summed E-state index contributed by atoms with van der Waals surface area (Å²) < 4.78 is 88.7. The Bertz CT molecular complexity index is 2980. The van der Waals surface area contributed by atoms with Gasteiger partial charge in [0.2, 0.25) is 0 Å². The molecule has 0 atom stereocenters. The Balaban J connectivity index is 0.000000191. The van der Waals surface area contributed by atoms with Gasteiger partial charge in [0, 0.05) is 57.0 Å². The Morgan fingerprint density at radius 2 is 1.56 bits per heavy atom. The van der Waals surface area contributed by atoms with E-state index in [2.05, 4.69) is 46.4 Å². The molecule has 0 unspecified atom stereocenters. The van der Waals surface area contributed by atoms with E-state index in [1.54, 1.807) is 33.0 Å². The minimum atomic E-state index is -2.54. The summed E-state index contributed by atoms with van der Waals surface area (Å²) in [6.45, 7) is 0.237. The number of fused-ring (bicyclic) bond motifs is 5. The third kappa shape index (κ3) is 8.52. The standard InChI is InChI=1S/C27H22NO.C24H26N.Ir/c1-2-7-18(6-1)16-19-14-15-28-25(17-19)24-11-5-10-22-23-13-12-20-8-3-4-9-21(20)26(23)29-27(22)24;1-17-11-12-20(13-22(17)19-9-7-6-8-10-19)23-14-21(15-24(3,4)5)18(2)16-25-23;/h3-5,8-10,12-15,17-18H,1-2,6-7,16H2;6-11,13-14,16H,15H2,1-5H3;/q2*-1;/i16D2;1D3,2D3,15D2;. The van der Waals surface area contributed by atoms with Crippen LogP contribution in [0.25, 0.3) is 66.4 Å². The molecule has 4 heteroatoms. The first kappa shape index (κ1) is 27.7. The zero-order valence-corrected chi connectivity index (χ0v) is 33.5. The SMILES string of the molecule is [2H]C([2H])([2H])c1c[c-]c(-c2cc(C([2H])([2H])C(C)(C)C)c(C([2H])([2H])[2H])cn2)cc1-c1ccccc1.[2H]C([2H])(c1ccnc(-c2[c-]ccc3c2oc2c4ccccc4ccc32)c1)C1CCCC1.[Ir]. The average molecular weight is 907 g/mol. The molecular formula is C51H48IrN2O-2. The van der Waals surface area contributed by atoms with E-state index in [1.807, 2.05) is 66.7 Å². The Morgan fingerprint density at radius 1 is 0.782 bits per heavy atom. The normalized spacial score (nSPS) is 16.9. The molecule has 55 heavy (non-hydrogen) atoms. The first-order valence-corrected chi connectivity index (χ1v) is 18.5. The summed E-state index contributed by atoms with van der Waals surface area (Å²) in [6.07, 6.45) is 3.70. The van der Waals surface area contributed by atoms with Crippen molar-refractivity contribution in [2.45, 2.75) is 72.9 Å². The Labute approximate surface area is 353 Å². The van der Waals surface area contributed by atoms with Crippen LogP contribution in [0.5, 0.6) is 0 Å². The van der Waals surface area contributed by atoms with Gasteiger partial charge in [-0.1, -0.05) is 160 Å². The molecule has 9 rings (SSSR count). The molecule has 0 bridgehead atoms. The maximum absolute atomic E-state index is 8.77. The van der Waals surface area contributed by atoms with Crippen LogP contribution in [-0.4, -0.2) is 9.97 Å². The van der Waals surface area contributed by atoms with Gasteiger partial charge in [0.1, 0.15) is 5.58 Å². The van der Waals surface area contributed by atoms with Gasteiger partial charge in [-0.3, -0.25) is 0 Å². The van der Waals surface area contributed by atoms with Crippen molar-refractivity contribution in [3.8, 4) is 33.6 Å². The van der Waals surface area contributed by atoms with Gasteiger partial charge in [-0.25, -0.2) is 0 Å². The maximum Gasteiger partial charge on any atom is 0.128 e. The summed E-state index contributed by atoms with van der Waals surface area (Å²) in [7, 11) is 0. The van der Waals surface area contributed by atoms with Gasteiger partial charge in [-0.2, -0.15) is 0 Å². The molecule has 0 N–H and O–H groups in total. The maximum atomic E-state index is 8.77. The van der Waals surface area contributed by atoms with Gasteiger partial charge < -0.3 is 14.4 Å².